The molecule has 18 heavy (non-hydrogen) atoms. The van der Waals surface area contributed by atoms with E-state index in [1.807, 2.05) is 0 Å². The van der Waals surface area contributed by atoms with Gasteiger partial charge < -0.3 is 20.8 Å². The van der Waals surface area contributed by atoms with E-state index in [0.717, 1.165) is 19.6 Å². The minimum Gasteiger partial charge on any atom is -0.496 e. The SMILES string of the molecule is COc1cc(F)cc(N)c1C(=N)CCN1CCC1. The molecular formula is C13H18FN3O. The number of methoxy groups -OCH3 is 1. The molecule has 1 aromatic carbocycles. The van der Waals surface area contributed by atoms with Gasteiger partial charge in [-0.3, -0.25) is 0 Å². The molecule has 0 bridgehead atoms. The minimum absolute atomic E-state index is 0.264. The summed E-state index contributed by atoms with van der Waals surface area (Å²) in [5, 5.41) is 8.07. The van der Waals surface area contributed by atoms with E-state index in [2.05, 4.69) is 4.90 Å². The first-order valence-corrected chi connectivity index (χ1v) is 6.05. The summed E-state index contributed by atoms with van der Waals surface area (Å²) in [4.78, 5) is 2.28. The molecule has 1 aromatic rings. The van der Waals surface area contributed by atoms with Crippen LogP contribution in [0.1, 0.15) is 18.4 Å². The van der Waals surface area contributed by atoms with Crippen LogP contribution in [0.2, 0.25) is 0 Å². The molecule has 0 amide bonds. The van der Waals surface area contributed by atoms with Crippen molar-refractivity contribution in [2.75, 3.05) is 32.5 Å². The highest BCUT2D eigenvalue weighted by molar-refractivity contribution is 6.05. The van der Waals surface area contributed by atoms with E-state index in [4.69, 9.17) is 15.9 Å². The third-order valence-corrected chi connectivity index (χ3v) is 3.25. The molecule has 0 aliphatic carbocycles. The summed E-state index contributed by atoms with van der Waals surface area (Å²) in [7, 11) is 1.46. The number of rotatable bonds is 5. The number of nitrogens with zero attached hydrogens (tertiary/aromatic N) is 1. The molecule has 0 atom stereocenters. The quantitative estimate of drug-likeness (QED) is 0.620. The number of anilines is 1. The molecule has 1 aliphatic rings. The van der Waals surface area contributed by atoms with Crippen LogP contribution in [0.15, 0.2) is 12.1 Å². The molecule has 0 aromatic heterocycles. The van der Waals surface area contributed by atoms with Crippen molar-refractivity contribution in [2.45, 2.75) is 12.8 Å². The van der Waals surface area contributed by atoms with Crippen molar-refractivity contribution in [2.24, 2.45) is 0 Å². The second kappa shape index (κ2) is 5.35. The molecule has 0 spiro atoms. The van der Waals surface area contributed by atoms with E-state index in [0.29, 0.717) is 23.4 Å². The van der Waals surface area contributed by atoms with E-state index in [9.17, 15) is 4.39 Å². The highest BCUT2D eigenvalue weighted by Crippen LogP contribution is 2.27. The number of hydrogen-bond acceptors (Lipinski definition) is 4. The molecule has 1 saturated heterocycles. The van der Waals surface area contributed by atoms with Gasteiger partial charge >= 0.3 is 0 Å². The van der Waals surface area contributed by atoms with Crippen LogP contribution in [0.3, 0.4) is 0 Å². The molecule has 0 saturated carbocycles. The van der Waals surface area contributed by atoms with E-state index < -0.39 is 5.82 Å². The zero-order valence-electron chi connectivity index (χ0n) is 10.5. The van der Waals surface area contributed by atoms with Gasteiger partial charge in [-0.2, -0.15) is 0 Å². The number of hydrogen-bond donors (Lipinski definition) is 2. The lowest BCUT2D eigenvalue weighted by Gasteiger charge is -2.30. The van der Waals surface area contributed by atoms with Gasteiger partial charge in [0, 0.05) is 30.4 Å². The number of likely N-dealkylation sites (tertiary alicyclic amines) is 1. The molecule has 1 fully saturated rings. The molecule has 0 radical (unpaired) electrons. The Morgan fingerprint density at radius 3 is 2.78 bits per heavy atom. The molecule has 0 unspecified atom stereocenters. The summed E-state index contributed by atoms with van der Waals surface area (Å²) in [6.07, 6.45) is 1.83. The number of nitrogen functional groups attached to an aromatic ring is 1. The fourth-order valence-electron chi connectivity index (χ4n) is 2.09. The molecule has 2 rings (SSSR count). The monoisotopic (exact) mass is 251 g/mol. The number of nitrogens with two attached hydrogens (primary N) is 1. The summed E-state index contributed by atoms with van der Waals surface area (Å²) in [6.45, 7) is 3.05. The fourth-order valence-corrected chi connectivity index (χ4v) is 2.09. The second-order valence-corrected chi connectivity index (χ2v) is 4.50. The van der Waals surface area contributed by atoms with Crippen LogP contribution in [-0.2, 0) is 0 Å². The Bertz CT molecular complexity index is 458. The summed E-state index contributed by atoms with van der Waals surface area (Å²) >= 11 is 0. The average molecular weight is 251 g/mol. The smallest absolute Gasteiger partial charge is 0.132 e. The number of ether oxygens (including phenoxy) is 1. The lowest BCUT2D eigenvalue weighted by atomic mass is 10.0. The summed E-state index contributed by atoms with van der Waals surface area (Å²) < 4.78 is 18.3. The van der Waals surface area contributed by atoms with E-state index >= 15 is 0 Å². The fraction of sp³-hybridized carbons (Fsp3) is 0.462. The summed E-state index contributed by atoms with van der Waals surface area (Å²) in [5.41, 5.74) is 6.95. The highest BCUT2D eigenvalue weighted by Gasteiger charge is 2.18. The maximum Gasteiger partial charge on any atom is 0.132 e. The van der Waals surface area contributed by atoms with Crippen molar-refractivity contribution in [1.29, 1.82) is 5.41 Å². The molecule has 1 aliphatic heterocycles. The van der Waals surface area contributed by atoms with Gasteiger partial charge in [-0.1, -0.05) is 0 Å². The van der Waals surface area contributed by atoms with Gasteiger partial charge in [0.1, 0.15) is 11.6 Å². The molecule has 1 heterocycles. The zero-order chi connectivity index (χ0) is 13.1. The van der Waals surface area contributed by atoms with Crippen molar-refractivity contribution in [3.05, 3.63) is 23.5 Å². The van der Waals surface area contributed by atoms with E-state index in [-0.39, 0.29) is 5.69 Å². The molecular weight excluding hydrogens is 233 g/mol. The van der Waals surface area contributed by atoms with Crippen LogP contribution in [0, 0.1) is 11.2 Å². The predicted octanol–water partition coefficient (Wildman–Crippen LogP) is 1.88. The van der Waals surface area contributed by atoms with Gasteiger partial charge in [-0.15, -0.1) is 0 Å². The van der Waals surface area contributed by atoms with Crippen LogP contribution >= 0.6 is 0 Å². The van der Waals surface area contributed by atoms with Gasteiger partial charge in [0.15, 0.2) is 0 Å². The number of halogens is 1. The molecule has 3 N–H and O–H groups in total. The van der Waals surface area contributed by atoms with Gasteiger partial charge in [0.2, 0.25) is 0 Å². The normalized spacial score (nSPS) is 15.2. The summed E-state index contributed by atoms with van der Waals surface area (Å²) in [6, 6.07) is 2.50. The zero-order valence-corrected chi connectivity index (χ0v) is 10.5. The standard InChI is InChI=1S/C13H18FN3O/c1-18-12-8-9(14)7-11(16)13(12)10(15)3-6-17-4-2-5-17/h7-8,15H,2-6,16H2,1H3. The Labute approximate surface area is 106 Å². The largest absolute Gasteiger partial charge is 0.496 e. The van der Waals surface area contributed by atoms with Gasteiger partial charge in [0.05, 0.1) is 12.7 Å². The maximum absolute atomic E-state index is 13.2. The van der Waals surface area contributed by atoms with Crippen molar-refractivity contribution in [3.63, 3.8) is 0 Å². The van der Waals surface area contributed by atoms with Crippen LogP contribution in [0.4, 0.5) is 10.1 Å². The molecule has 4 nitrogen and oxygen atoms in total. The van der Waals surface area contributed by atoms with Crippen LogP contribution in [0.25, 0.3) is 0 Å². The Morgan fingerprint density at radius 1 is 1.50 bits per heavy atom. The number of nitrogens with one attached hydrogen (secondary N) is 1. The van der Waals surface area contributed by atoms with Crippen molar-refractivity contribution >= 4 is 11.4 Å². The molecule has 5 heteroatoms. The number of benzene rings is 1. The van der Waals surface area contributed by atoms with Gasteiger partial charge in [-0.25, -0.2) is 4.39 Å². The van der Waals surface area contributed by atoms with Crippen molar-refractivity contribution < 1.29 is 9.13 Å². The van der Waals surface area contributed by atoms with Gasteiger partial charge in [-0.05, 0) is 25.6 Å². The topological polar surface area (TPSA) is 62.3 Å². The first-order chi connectivity index (χ1) is 8.61. The van der Waals surface area contributed by atoms with E-state index in [1.54, 1.807) is 0 Å². The Kier molecular flexibility index (Phi) is 3.81. The van der Waals surface area contributed by atoms with Crippen LogP contribution < -0.4 is 10.5 Å². The van der Waals surface area contributed by atoms with Crippen molar-refractivity contribution in [3.8, 4) is 5.75 Å². The lowest BCUT2D eigenvalue weighted by Crippen LogP contribution is -2.38. The Morgan fingerprint density at radius 2 is 2.22 bits per heavy atom. The Balaban J connectivity index is 2.12. The van der Waals surface area contributed by atoms with Crippen LogP contribution in [-0.4, -0.2) is 37.4 Å². The summed E-state index contributed by atoms with van der Waals surface area (Å²) in [5.74, 6) is -0.107. The first kappa shape index (κ1) is 12.8. The third kappa shape index (κ3) is 2.61. The highest BCUT2D eigenvalue weighted by atomic mass is 19.1. The van der Waals surface area contributed by atoms with Gasteiger partial charge in [0.25, 0.3) is 0 Å². The van der Waals surface area contributed by atoms with E-state index in [1.165, 1.54) is 25.7 Å². The minimum atomic E-state index is -0.441. The van der Waals surface area contributed by atoms with Crippen LogP contribution in [0.5, 0.6) is 5.75 Å². The second-order valence-electron chi connectivity index (χ2n) is 4.50. The lowest BCUT2D eigenvalue weighted by molar-refractivity contribution is 0.187. The Hall–Kier alpha value is -1.62. The molecule has 98 valence electrons. The van der Waals surface area contributed by atoms with Crippen molar-refractivity contribution in [1.82, 2.24) is 4.90 Å². The first-order valence-electron chi connectivity index (χ1n) is 6.05. The average Bonchev–Trinajstić information content (AvgIpc) is 2.25. The third-order valence-electron chi connectivity index (χ3n) is 3.25. The maximum atomic E-state index is 13.2. The predicted molar refractivity (Wildman–Crippen MR) is 69.9 cm³/mol.